The van der Waals surface area contributed by atoms with Crippen LogP contribution in [0.25, 0.3) is 10.6 Å². The number of benzene rings is 2. The van der Waals surface area contributed by atoms with Gasteiger partial charge in [-0.1, -0.05) is 43.3 Å². The van der Waals surface area contributed by atoms with Crippen molar-refractivity contribution in [1.82, 2.24) is 4.98 Å². The zero-order chi connectivity index (χ0) is 21.0. The number of amides is 1. The summed E-state index contributed by atoms with van der Waals surface area (Å²) in [7, 11) is 0. The monoisotopic (exact) mass is 412 g/mol. The van der Waals surface area contributed by atoms with Gasteiger partial charge >= 0.3 is 5.97 Å². The number of aromatic nitrogens is 1. The van der Waals surface area contributed by atoms with E-state index in [1.807, 2.05) is 24.3 Å². The lowest BCUT2D eigenvalue weighted by molar-refractivity contribution is -0.123. The Morgan fingerprint density at radius 2 is 1.86 bits per heavy atom. The van der Waals surface area contributed by atoms with Gasteiger partial charge in [-0.15, -0.1) is 11.3 Å². The first-order valence-electron chi connectivity index (χ1n) is 9.22. The number of para-hydroxylation sites is 1. The van der Waals surface area contributed by atoms with Gasteiger partial charge in [0.15, 0.2) is 6.10 Å². The van der Waals surface area contributed by atoms with Crippen LogP contribution in [0.3, 0.4) is 0 Å². The average molecular weight is 412 g/mol. The lowest BCUT2D eigenvalue weighted by atomic mass is 10.1. The van der Waals surface area contributed by atoms with E-state index in [9.17, 15) is 14.0 Å². The number of halogens is 1. The summed E-state index contributed by atoms with van der Waals surface area (Å²) in [6.45, 7) is 5.25. The summed E-state index contributed by atoms with van der Waals surface area (Å²) in [6, 6.07) is 13.8. The molecule has 0 aliphatic carbocycles. The molecular weight excluding hydrogens is 391 g/mol. The Balaban J connectivity index is 1.69. The molecule has 2 aromatic carbocycles. The summed E-state index contributed by atoms with van der Waals surface area (Å²) in [6.07, 6.45) is -0.141. The van der Waals surface area contributed by atoms with Crippen LogP contribution in [0.15, 0.2) is 48.5 Å². The molecule has 150 valence electrons. The summed E-state index contributed by atoms with van der Waals surface area (Å²) in [5.41, 5.74) is 2.71. The van der Waals surface area contributed by atoms with Gasteiger partial charge in [-0.3, -0.25) is 4.79 Å². The highest BCUT2D eigenvalue weighted by molar-refractivity contribution is 7.17. The van der Waals surface area contributed by atoms with Gasteiger partial charge in [-0.25, -0.2) is 14.2 Å². The van der Waals surface area contributed by atoms with Crippen LogP contribution < -0.4 is 5.32 Å². The minimum Gasteiger partial charge on any atom is -0.448 e. The van der Waals surface area contributed by atoms with Gasteiger partial charge in [0.2, 0.25) is 0 Å². The highest BCUT2D eigenvalue weighted by Crippen LogP contribution is 2.29. The topological polar surface area (TPSA) is 68.3 Å². The SMILES string of the molecule is CCc1ccc(-c2nc(C)c(C(=O)O[C@@H](C)C(=O)Nc3ccccc3F)s2)cc1. The number of esters is 1. The Kier molecular flexibility index (Phi) is 6.39. The third-order valence-electron chi connectivity index (χ3n) is 4.38. The van der Waals surface area contributed by atoms with Crippen LogP contribution in [0.2, 0.25) is 0 Å². The van der Waals surface area contributed by atoms with Crippen molar-refractivity contribution in [3.8, 4) is 10.6 Å². The van der Waals surface area contributed by atoms with Crippen molar-refractivity contribution in [2.45, 2.75) is 33.3 Å². The van der Waals surface area contributed by atoms with Gasteiger partial charge in [0.1, 0.15) is 15.7 Å². The molecule has 1 N–H and O–H groups in total. The molecule has 0 saturated carbocycles. The normalized spacial score (nSPS) is 11.7. The Morgan fingerprint density at radius 1 is 1.17 bits per heavy atom. The zero-order valence-corrected chi connectivity index (χ0v) is 17.2. The Morgan fingerprint density at radius 3 is 2.52 bits per heavy atom. The first-order chi connectivity index (χ1) is 13.9. The Bertz CT molecular complexity index is 1030. The molecule has 29 heavy (non-hydrogen) atoms. The molecule has 0 bridgehead atoms. The fourth-order valence-corrected chi connectivity index (χ4v) is 3.61. The number of nitrogens with one attached hydrogen (secondary N) is 1. The standard InChI is InChI=1S/C22H21FN2O3S/c1-4-15-9-11-16(12-10-15)21-24-13(2)19(29-21)22(27)28-14(3)20(26)25-18-8-6-5-7-17(18)23/h5-12,14H,4H2,1-3H3,(H,25,26)/t14-/m0/s1. The number of nitrogens with zero attached hydrogens (tertiary/aromatic N) is 1. The number of aryl methyl sites for hydroxylation is 2. The van der Waals surface area contributed by atoms with Gasteiger partial charge < -0.3 is 10.1 Å². The number of ether oxygens (including phenoxy) is 1. The third-order valence-corrected chi connectivity index (χ3v) is 5.56. The fourth-order valence-electron chi connectivity index (χ4n) is 2.66. The van der Waals surface area contributed by atoms with E-state index in [4.69, 9.17) is 4.74 Å². The van der Waals surface area contributed by atoms with Crippen molar-refractivity contribution < 1.29 is 18.7 Å². The molecular formula is C22H21FN2O3S. The van der Waals surface area contributed by atoms with Crippen molar-refractivity contribution >= 4 is 28.9 Å². The number of thiazole rings is 1. The van der Waals surface area contributed by atoms with Gasteiger partial charge in [0.05, 0.1) is 11.4 Å². The molecule has 0 spiro atoms. The van der Waals surface area contributed by atoms with Crippen LogP contribution in [0.4, 0.5) is 10.1 Å². The van der Waals surface area contributed by atoms with Crippen molar-refractivity contribution in [2.24, 2.45) is 0 Å². The molecule has 3 aromatic rings. The first-order valence-corrected chi connectivity index (χ1v) is 10.0. The van der Waals surface area contributed by atoms with E-state index in [1.54, 1.807) is 13.0 Å². The summed E-state index contributed by atoms with van der Waals surface area (Å²) < 4.78 is 19.0. The maximum absolute atomic E-state index is 13.7. The largest absolute Gasteiger partial charge is 0.448 e. The van der Waals surface area contributed by atoms with Gasteiger partial charge in [0, 0.05) is 5.56 Å². The molecule has 7 heteroatoms. The second kappa shape index (κ2) is 8.96. The lowest BCUT2D eigenvalue weighted by Crippen LogP contribution is -2.30. The van der Waals surface area contributed by atoms with Crippen molar-refractivity contribution in [1.29, 1.82) is 0 Å². The minimum absolute atomic E-state index is 0.0344. The number of anilines is 1. The molecule has 1 heterocycles. The molecule has 0 unspecified atom stereocenters. The lowest BCUT2D eigenvalue weighted by Gasteiger charge is -2.13. The highest BCUT2D eigenvalue weighted by atomic mass is 32.1. The molecule has 1 atom stereocenters. The first kappa shape index (κ1) is 20.7. The predicted molar refractivity (Wildman–Crippen MR) is 112 cm³/mol. The Labute approximate surface area is 172 Å². The van der Waals surface area contributed by atoms with Crippen LogP contribution >= 0.6 is 11.3 Å². The van der Waals surface area contributed by atoms with Crippen molar-refractivity contribution in [3.63, 3.8) is 0 Å². The van der Waals surface area contributed by atoms with E-state index in [2.05, 4.69) is 17.2 Å². The number of carbonyl (C=O) groups excluding carboxylic acids is 2. The number of hydrogen-bond donors (Lipinski definition) is 1. The second-order valence-corrected chi connectivity index (χ2v) is 7.50. The van der Waals surface area contributed by atoms with E-state index in [-0.39, 0.29) is 5.69 Å². The smallest absolute Gasteiger partial charge is 0.351 e. The van der Waals surface area contributed by atoms with Gasteiger partial charge in [-0.2, -0.15) is 0 Å². The van der Waals surface area contributed by atoms with E-state index in [1.165, 1.54) is 42.0 Å². The average Bonchev–Trinajstić information content (AvgIpc) is 3.11. The summed E-state index contributed by atoms with van der Waals surface area (Å²) in [5.74, 6) is -1.80. The van der Waals surface area contributed by atoms with E-state index in [0.29, 0.717) is 15.6 Å². The highest BCUT2D eigenvalue weighted by Gasteiger charge is 2.23. The molecule has 0 saturated heterocycles. The van der Waals surface area contributed by atoms with Crippen LogP contribution in [0.5, 0.6) is 0 Å². The molecule has 1 aromatic heterocycles. The molecule has 0 fully saturated rings. The third kappa shape index (κ3) is 4.86. The number of rotatable bonds is 6. The van der Waals surface area contributed by atoms with E-state index < -0.39 is 23.8 Å². The molecule has 0 radical (unpaired) electrons. The molecule has 3 rings (SSSR count). The fraction of sp³-hybridized carbons (Fsp3) is 0.227. The zero-order valence-electron chi connectivity index (χ0n) is 16.4. The maximum Gasteiger partial charge on any atom is 0.351 e. The van der Waals surface area contributed by atoms with Crippen LogP contribution in [0.1, 0.15) is 34.8 Å². The summed E-state index contributed by atoms with van der Waals surface area (Å²) in [5, 5.41) is 3.13. The van der Waals surface area contributed by atoms with E-state index in [0.717, 1.165) is 12.0 Å². The van der Waals surface area contributed by atoms with Crippen LogP contribution in [0, 0.1) is 12.7 Å². The minimum atomic E-state index is -1.09. The summed E-state index contributed by atoms with van der Waals surface area (Å²) >= 11 is 1.22. The molecule has 5 nitrogen and oxygen atoms in total. The number of hydrogen-bond acceptors (Lipinski definition) is 5. The second-order valence-electron chi connectivity index (χ2n) is 6.50. The quantitative estimate of drug-likeness (QED) is 0.578. The van der Waals surface area contributed by atoms with E-state index >= 15 is 0 Å². The van der Waals surface area contributed by atoms with Gasteiger partial charge in [-0.05, 0) is 38.0 Å². The Hall–Kier alpha value is -3.06. The summed E-state index contributed by atoms with van der Waals surface area (Å²) in [4.78, 5) is 29.6. The molecule has 0 aliphatic rings. The van der Waals surface area contributed by atoms with Gasteiger partial charge in [0.25, 0.3) is 5.91 Å². The number of carbonyl (C=O) groups is 2. The maximum atomic E-state index is 13.7. The van der Waals surface area contributed by atoms with Crippen molar-refractivity contribution in [3.05, 3.63) is 70.5 Å². The van der Waals surface area contributed by atoms with Crippen LogP contribution in [-0.4, -0.2) is 23.0 Å². The van der Waals surface area contributed by atoms with Crippen LogP contribution in [-0.2, 0) is 16.0 Å². The van der Waals surface area contributed by atoms with Crippen molar-refractivity contribution in [2.75, 3.05) is 5.32 Å². The molecule has 0 aliphatic heterocycles. The predicted octanol–water partition coefficient (Wildman–Crippen LogP) is 5.00. The molecule has 1 amide bonds.